The summed E-state index contributed by atoms with van der Waals surface area (Å²) in [4.78, 5) is 11.4. The van der Waals surface area contributed by atoms with Gasteiger partial charge < -0.3 is 5.32 Å². The number of Topliss-reactive ketones (excluding diaryl/α,β-unsaturated/α-hetero) is 1. The van der Waals surface area contributed by atoms with Crippen LogP contribution in [0.1, 0.15) is 39.0 Å². The van der Waals surface area contributed by atoms with Crippen molar-refractivity contribution >= 4 is 5.78 Å². The van der Waals surface area contributed by atoms with Gasteiger partial charge in [-0.1, -0.05) is 0 Å². The monoisotopic (exact) mass is 193 g/mol. The van der Waals surface area contributed by atoms with E-state index in [4.69, 9.17) is 0 Å². The number of nitrogens with one attached hydrogen (secondary N) is 1. The molecule has 0 saturated carbocycles. The van der Waals surface area contributed by atoms with Crippen molar-refractivity contribution in [1.82, 2.24) is 5.32 Å². The molecule has 1 saturated heterocycles. The first-order valence-electron chi connectivity index (χ1n) is 5.45. The Morgan fingerprint density at radius 1 is 1.50 bits per heavy atom. The van der Waals surface area contributed by atoms with Gasteiger partial charge >= 0.3 is 0 Å². The molecule has 2 heteroatoms. The maximum absolute atomic E-state index is 11.4. The van der Waals surface area contributed by atoms with Crippen molar-refractivity contribution in [3.05, 3.63) is 0 Å². The fourth-order valence-corrected chi connectivity index (χ4v) is 1.78. The molecule has 0 spiro atoms. The lowest BCUT2D eigenvalue weighted by molar-refractivity contribution is -0.119. The van der Waals surface area contributed by atoms with Crippen LogP contribution in [0.5, 0.6) is 0 Å². The lowest BCUT2D eigenvalue weighted by atomic mass is 9.99. The van der Waals surface area contributed by atoms with Gasteiger partial charge in [0.25, 0.3) is 0 Å². The van der Waals surface area contributed by atoms with Crippen LogP contribution in [0.4, 0.5) is 0 Å². The zero-order chi connectivity index (χ0) is 10.2. The summed E-state index contributed by atoms with van der Waals surface area (Å²) in [5.74, 6) is 6.84. The van der Waals surface area contributed by atoms with Crippen molar-refractivity contribution in [2.45, 2.75) is 39.0 Å². The average Bonchev–Trinajstić information content (AvgIpc) is 2.68. The predicted octanol–water partition coefficient (Wildman–Crippen LogP) is 1.75. The number of hydrogen-bond donors (Lipinski definition) is 1. The highest BCUT2D eigenvalue weighted by Gasteiger charge is 2.15. The van der Waals surface area contributed by atoms with Gasteiger partial charge in [0.1, 0.15) is 5.78 Å². The first-order chi connectivity index (χ1) is 6.83. The van der Waals surface area contributed by atoms with E-state index in [2.05, 4.69) is 17.2 Å². The molecule has 0 aliphatic carbocycles. The van der Waals surface area contributed by atoms with Gasteiger partial charge in [0.05, 0.1) is 0 Å². The van der Waals surface area contributed by atoms with E-state index in [0.29, 0.717) is 12.2 Å². The van der Waals surface area contributed by atoms with E-state index in [1.54, 1.807) is 0 Å². The summed E-state index contributed by atoms with van der Waals surface area (Å²) in [5, 5.41) is 3.31. The van der Waals surface area contributed by atoms with Crippen LogP contribution < -0.4 is 5.32 Å². The first-order valence-corrected chi connectivity index (χ1v) is 5.45. The van der Waals surface area contributed by atoms with E-state index < -0.39 is 0 Å². The van der Waals surface area contributed by atoms with E-state index in [1.165, 1.54) is 6.42 Å². The third-order valence-corrected chi connectivity index (χ3v) is 2.70. The molecule has 0 aromatic heterocycles. The van der Waals surface area contributed by atoms with Crippen LogP contribution in [-0.4, -0.2) is 18.9 Å². The van der Waals surface area contributed by atoms with Crippen LogP contribution in [-0.2, 0) is 4.79 Å². The molecule has 1 aliphatic heterocycles. The molecule has 78 valence electrons. The van der Waals surface area contributed by atoms with Gasteiger partial charge in [0.2, 0.25) is 0 Å². The van der Waals surface area contributed by atoms with Gasteiger partial charge in [-0.15, -0.1) is 11.8 Å². The van der Waals surface area contributed by atoms with Crippen molar-refractivity contribution in [1.29, 1.82) is 0 Å². The molecule has 0 amide bonds. The number of carbonyl (C=O) groups excluding carboxylic acids is 1. The highest BCUT2D eigenvalue weighted by molar-refractivity contribution is 5.78. The molecule has 14 heavy (non-hydrogen) atoms. The number of carbonyl (C=O) groups is 1. The summed E-state index contributed by atoms with van der Waals surface area (Å²) in [7, 11) is 0. The maximum atomic E-state index is 11.4. The fraction of sp³-hybridized carbons (Fsp3) is 0.750. The summed E-state index contributed by atoms with van der Waals surface area (Å²) in [5.41, 5.74) is 0. The smallest absolute Gasteiger partial charge is 0.133 e. The van der Waals surface area contributed by atoms with E-state index in [0.717, 1.165) is 38.3 Å². The molecule has 1 unspecified atom stereocenters. The van der Waals surface area contributed by atoms with Crippen molar-refractivity contribution < 1.29 is 4.79 Å². The Hall–Kier alpha value is -0.810. The minimum Gasteiger partial charge on any atom is -0.316 e. The minimum absolute atomic E-state index is 0.375. The third kappa shape index (κ3) is 4.43. The molecule has 1 rings (SSSR count). The van der Waals surface area contributed by atoms with Gasteiger partial charge in [-0.3, -0.25) is 4.79 Å². The van der Waals surface area contributed by atoms with Crippen molar-refractivity contribution in [3.8, 4) is 11.8 Å². The topological polar surface area (TPSA) is 29.1 Å². The largest absolute Gasteiger partial charge is 0.316 e. The highest BCUT2D eigenvalue weighted by atomic mass is 16.1. The highest BCUT2D eigenvalue weighted by Crippen LogP contribution is 2.15. The zero-order valence-electron chi connectivity index (χ0n) is 8.94. The Morgan fingerprint density at radius 3 is 3.00 bits per heavy atom. The summed E-state index contributed by atoms with van der Waals surface area (Å²) in [6.45, 7) is 4.04. The van der Waals surface area contributed by atoms with Crippen LogP contribution >= 0.6 is 0 Å². The number of hydrogen-bond acceptors (Lipinski definition) is 2. The van der Waals surface area contributed by atoms with E-state index in [1.807, 2.05) is 6.92 Å². The molecule has 0 radical (unpaired) electrons. The second-order valence-corrected chi connectivity index (χ2v) is 3.86. The standard InChI is InChI=1S/C12H19NO/c1-2-3-4-5-12(14)7-6-11-8-9-13-10-11/h11,13H,4-10H2,1H3. The lowest BCUT2D eigenvalue weighted by Gasteiger charge is -2.05. The minimum atomic E-state index is 0.375. The molecule has 1 N–H and O–H groups in total. The summed E-state index contributed by atoms with van der Waals surface area (Å²) >= 11 is 0. The van der Waals surface area contributed by atoms with Gasteiger partial charge in [-0.05, 0) is 38.8 Å². The van der Waals surface area contributed by atoms with E-state index in [-0.39, 0.29) is 0 Å². The quantitative estimate of drug-likeness (QED) is 0.674. The molecular weight excluding hydrogens is 174 g/mol. The summed E-state index contributed by atoms with van der Waals surface area (Å²) in [6, 6.07) is 0. The van der Waals surface area contributed by atoms with Crippen LogP contribution in [0.25, 0.3) is 0 Å². The zero-order valence-corrected chi connectivity index (χ0v) is 8.94. The normalized spacial score (nSPS) is 20.2. The maximum Gasteiger partial charge on any atom is 0.133 e. The van der Waals surface area contributed by atoms with Crippen LogP contribution in [0.3, 0.4) is 0 Å². The SMILES string of the molecule is CC#CCCC(=O)CCC1CCNC1. The Labute approximate surface area is 86.5 Å². The Balaban J connectivity index is 2.04. The molecule has 0 aromatic rings. The Kier molecular flexibility index (Phi) is 5.32. The first kappa shape index (κ1) is 11.3. The Morgan fingerprint density at radius 2 is 2.36 bits per heavy atom. The van der Waals surface area contributed by atoms with Gasteiger partial charge in [0, 0.05) is 19.3 Å². The van der Waals surface area contributed by atoms with Crippen LogP contribution in [0.15, 0.2) is 0 Å². The molecule has 0 bridgehead atoms. The number of rotatable bonds is 5. The third-order valence-electron chi connectivity index (χ3n) is 2.70. The number of ketones is 1. The lowest BCUT2D eigenvalue weighted by Crippen LogP contribution is -2.10. The second kappa shape index (κ2) is 6.62. The van der Waals surface area contributed by atoms with E-state index in [9.17, 15) is 4.79 Å². The second-order valence-electron chi connectivity index (χ2n) is 3.86. The Bertz CT molecular complexity index is 230. The van der Waals surface area contributed by atoms with Crippen LogP contribution in [0.2, 0.25) is 0 Å². The molecule has 0 aromatic carbocycles. The predicted molar refractivity (Wildman–Crippen MR) is 57.9 cm³/mol. The molecule has 1 atom stereocenters. The van der Waals surface area contributed by atoms with Crippen LogP contribution in [0, 0.1) is 17.8 Å². The van der Waals surface area contributed by atoms with Crippen molar-refractivity contribution in [3.63, 3.8) is 0 Å². The van der Waals surface area contributed by atoms with Crippen molar-refractivity contribution in [2.24, 2.45) is 5.92 Å². The fourth-order valence-electron chi connectivity index (χ4n) is 1.78. The molecule has 2 nitrogen and oxygen atoms in total. The van der Waals surface area contributed by atoms with Crippen molar-refractivity contribution in [2.75, 3.05) is 13.1 Å². The van der Waals surface area contributed by atoms with Gasteiger partial charge in [-0.2, -0.15) is 0 Å². The average molecular weight is 193 g/mol. The summed E-state index contributed by atoms with van der Waals surface area (Å²) in [6.07, 6.45) is 4.42. The molecule has 1 fully saturated rings. The van der Waals surface area contributed by atoms with Gasteiger partial charge in [-0.25, -0.2) is 0 Å². The molecule has 1 heterocycles. The molecule has 1 aliphatic rings. The van der Waals surface area contributed by atoms with Gasteiger partial charge in [0.15, 0.2) is 0 Å². The summed E-state index contributed by atoms with van der Waals surface area (Å²) < 4.78 is 0. The van der Waals surface area contributed by atoms with E-state index >= 15 is 0 Å². The molecular formula is C12H19NO.